The summed E-state index contributed by atoms with van der Waals surface area (Å²) in [5, 5.41) is 5.69. The van der Waals surface area contributed by atoms with Crippen LogP contribution in [0.2, 0.25) is 0 Å². The number of nitrogens with zero attached hydrogens (tertiary/aromatic N) is 1. The van der Waals surface area contributed by atoms with Crippen LogP contribution in [0.25, 0.3) is 0 Å². The monoisotopic (exact) mass is 413 g/mol. The van der Waals surface area contributed by atoms with Crippen LogP contribution in [0.3, 0.4) is 0 Å². The van der Waals surface area contributed by atoms with Gasteiger partial charge in [0.15, 0.2) is 0 Å². The molecule has 1 unspecified atom stereocenters. The molecule has 1 saturated heterocycles. The van der Waals surface area contributed by atoms with Crippen molar-refractivity contribution in [3.8, 4) is 0 Å². The lowest BCUT2D eigenvalue weighted by Crippen LogP contribution is -2.32. The molecule has 156 valence electrons. The van der Waals surface area contributed by atoms with Crippen LogP contribution in [0.1, 0.15) is 35.2 Å². The number of hydrogen-bond donors (Lipinski definition) is 2. The maximum atomic E-state index is 14.0. The van der Waals surface area contributed by atoms with E-state index in [1.54, 1.807) is 24.3 Å². The summed E-state index contributed by atoms with van der Waals surface area (Å²) < 4.78 is 27.1. The summed E-state index contributed by atoms with van der Waals surface area (Å²) in [6.07, 6.45) is 2.00. The van der Waals surface area contributed by atoms with Crippen LogP contribution in [-0.2, 0) is 16.1 Å². The third-order valence-electron chi connectivity index (χ3n) is 5.29. The van der Waals surface area contributed by atoms with E-state index in [2.05, 4.69) is 10.6 Å². The van der Waals surface area contributed by atoms with Crippen molar-refractivity contribution in [3.05, 3.63) is 65.2 Å². The average Bonchev–Trinajstić information content (AvgIpc) is 3.46. The molecule has 1 atom stereocenters. The van der Waals surface area contributed by atoms with Gasteiger partial charge in [-0.05, 0) is 42.7 Å². The first-order chi connectivity index (χ1) is 14.4. The number of carbonyl (C=O) groups excluding carboxylic acids is 3. The van der Waals surface area contributed by atoms with E-state index in [0.717, 1.165) is 24.5 Å². The number of halogens is 2. The molecule has 3 amide bonds. The number of hydrogen-bond acceptors (Lipinski definition) is 3. The van der Waals surface area contributed by atoms with Gasteiger partial charge in [0.2, 0.25) is 11.8 Å². The molecule has 4 rings (SSSR count). The third-order valence-corrected chi connectivity index (χ3v) is 5.29. The van der Waals surface area contributed by atoms with Crippen molar-refractivity contribution in [1.29, 1.82) is 0 Å². The zero-order valence-corrected chi connectivity index (χ0v) is 16.2. The first-order valence-electron chi connectivity index (χ1n) is 9.83. The first kappa shape index (κ1) is 20.0. The van der Waals surface area contributed by atoms with Crippen molar-refractivity contribution in [3.63, 3.8) is 0 Å². The SMILES string of the molecule is O=C(NC1CC1)c1ccc(CNC(=O)C2CC(=O)N(c3ccc(F)cc3F)C2)cc1. The molecule has 30 heavy (non-hydrogen) atoms. The predicted molar refractivity (Wildman–Crippen MR) is 106 cm³/mol. The quantitative estimate of drug-likeness (QED) is 0.764. The zero-order valence-electron chi connectivity index (χ0n) is 16.2. The maximum absolute atomic E-state index is 14.0. The Bertz CT molecular complexity index is 990. The number of nitrogens with one attached hydrogen (secondary N) is 2. The van der Waals surface area contributed by atoms with Gasteiger partial charge in [-0.25, -0.2) is 8.78 Å². The molecule has 0 spiro atoms. The van der Waals surface area contributed by atoms with Gasteiger partial charge in [0.05, 0.1) is 11.6 Å². The fourth-order valence-corrected chi connectivity index (χ4v) is 3.42. The minimum Gasteiger partial charge on any atom is -0.352 e. The Morgan fingerprint density at radius 2 is 1.80 bits per heavy atom. The van der Waals surface area contributed by atoms with E-state index in [1.165, 1.54) is 11.0 Å². The van der Waals surface area contributed by atoms with Crippen LogP contribution in [-0.4, -0.2) is 30.3 Å². The highest BCUT2D eigenvalue weighted by molar-refractivity contribution is 6.00. The molecule has 2 aromatic carbocycles. The summed E-state index contributed by atoms with van der Waals surface area (Å²) in [5.41, 5.74) is 1.35. The molecular weight excluding hydrogens is 392 g/mol. The Balaban J connectivity index is 1.32. The normalized spacial score (nSPS) is 18.4. The zero-order chi connectivity index (χ0) is 21.3. The van der Waals surface area contributed by atoms with E-state index >= 15 is 0 Å². The van der Waals surface area contributed by atoms with Crippen LogP contribution < -0.4 is 15.5 Å². The van der Waals surface area contributed by atoms with Gasteiger partial charge in [-0.1, -0.05) is 12.1 Å². The Morgan fingerprint density at radius 1 is 1.07 bits per heavy atom. The van der Waals surface area contributed by atoms with Crippen LogP contribution in [0.4, 0.5) is 14.5 Å². The Morgan fingerprint density at radius 3 is 2.47 bits per heavy atom. The average molecular weight is 413 g/mol. The molecule has 2 aromatic rings. The van der Waals surface area contributed by atoms with Gasteiger partial charge < -0.3 is 15.5 Å². The standard InChI is InChI=1S/C22H21F2N3O3/c23-16-5-8-19(18(24)10-16)27-12-15(9-20(27)28)21(29)25-11-13-1-3-14(4-2-13)22(30)26-17-6-7-17/h1-5,8,10,15,17H,6-7,9,11-12H2,(H,25,29)(H,26,30). The summed E-state index contributed by atoms with van der Waals surface area (Å²) in [7, 11) is 0. The molecule has 1 aliphatic heterocycles. The molecule has 8 heteroatoms. The minimum atomic E-state index is -0.838. The fourth-order valence-electron chi connectivity index (χ4n) is 3.42. The highest BCUT2D eigenvalue weighted by Gasteiger charge is 2.36. The van der Waals surface area contributed by atoms with Crippen molar-refractivity contribution in [1.82, 2.24) is 10.6 Å². The lowest BCUT2D eigenvalue weighted by Gasteiger charge is -2.17. The van der Waals surface area contributed by atoms with Gasteiger partial charge in [-0.15, -0.1) is 0 Å². The topological polar surface area (TPSA) is 78.5 Å². The summed E-state index contributed by atoms with van der Waals surface area (Å²) in [6, 6.07) is 10.2. The second-order valence-corrected chi connectivity index (χ2v) is 7.66. The summed E-state index contributed by atoms with van der Waals surface area (Å²) in [5.74, 6) is -2.99. The van der Waals surface area contributed by atoms with E-state index in [4.69, 9.17) is 0 Å². The summed E-state index contributed by atoms with van der Waals surface area (Å²) in [4.78, 5) is 37.9. The molecule has 0 bridgehead atoms. The van der Waals surface area contributed by atoms with Crippen molar-refractivity contribution in [2.75, 3.05) is 11.4 Å². The second-order valence-electron chi connectivity index (χ2n) is 7.66. The summed E-state index contributed by atoms with van der Waals surface area (Å²) >= 11 is 0. The second kappa shape index (κ2) is 8.22. The third kappa shape index (κ3) is 4.48. The number of benzene rings is 2. The molecule has 1 aliphatic carbocycles. The molecule has 2 fully saturated rings. The van der Waals surface area contributed by atoms with Gasteiger partial charge >= 0.3 is 0 Å². The molecule has 1 heterocycles. The fraction of sp³-hybridized carbons (Fsp3) is 0.318. The Labute approximate surface area is 172 Å². The lowest BCUT2D eigenvalue weighted by molar-refractivity contribution is -0.126. The number of carbonyl (C=O) groups is 3. The van der Waals surface area contributed by atoms with Gasteiger partial charge in [0.25, 0.3) is 5.91 Å². The molecule has 0 radical (unpaired) electrons. The summed E-state index contributed by atoms with van der Waals surface area (Å²) in [6.45, 7) is 0.284. The van der Waals surface area contributed by atoms with E-state index < -0.39 is 17.6 Å². The molecule has 1 saturated carbocycles. The van der Waals surface area contributed by atoms with Crippen LogP contribution in [0, 0.1) is 17.6 Å². The highest BCUT2D eigenvalue weighted by Crippen LogP contribution is 2.28. The van der Waals surface area contributed by atoms with Crippen LogP contribution in [0.15, 0.2) is 42.5 Å². The Kier molecular flexibility index (Phi) is 5.48. The van der Waals surface area contributed by atoms with Gasteiger partial charge in [-0.3, -0.25) is 14.4 Å². The van der Waals surface area contributed by atoms with Crippen molar-refractivity contribution in [2.45, 2.75) is 31.8 Å². The van der Waals surface area contributed by atoms with E-state index in [9.17, 15) is 23.2 Å². The smallest absolute Gasteiger partial charge is 0.251 e. The molecule has 0 aromatic heterocycles. The highest BCUT2D eigenvalue weighted by atomic mass is 19.1. The number of anilines is 1. The van der Waals surface area contributed by atoms with E-state index in [1.807, 2.05) is 0 Å². The molecule has 6 nitrogen and oxygen atoms in total. The van der Waals surface area contributed by atoms with Crippen molar-refractivity contribution >= 4 is 23.4 Å². The van der Waals surface area contributed by atoms with Gasteiger partial charge in [0, 0.05) is 37.2 Å². The Hall–Kier alpha value is -3.29. The predicted octanol–water partition coefficient (Wildman–Crippen LogP) is 2.53. The van der Waals surface area contributed by atoms with Crippen molar-refractivity contribution in [2.24, 2.45) is 5.92 Å². The lowest BCUT2D eigenvalue weighted by atomic mass is 10.1. The van der Waals surface area contributed by atoms with Crippen LogP contribution >= 0.6 is 0 Å². The van der Waals surface area contributed by atoms with Crippen molar-refractivity contribution < 1.29 is 23.2 Å². The van der Waals surface area contributed by atoms with Crippen LogP contribution in [0.5, 0.6) is 0 Å². The molecule has 2 aliphatic rings. The minimum absolute atomic E-state index is 0.0308. The maximum Gasteiger partial charge on any atom is 0.251 e. The van der Waals surface area contributed by atoms with Gasteiger partial charge in [0.1, 0.15) is 11.6 Å². The van der Waals surface area contributed by atoms with Gasteiger partial charge in [-0.2, -0.15) is 0 Å². The largest absolute Gasteiger partial charge is 0.352 e. The van der Waals surface area contributed by atoms with E-state index in [-0.39, 0.29) is 49.0 Å². The first-order valence-corrected chi connectivity index (χ1v) is 9.83. The molecule has 2 N–H and O–H groups in total. The number of rotatable bonds is 6. The molecular formula is C22H21F2N3O3. The van der Waals surface area contributed by atoms with E-state index in [0.29, 0.717) is 11.6 Å². The number of amides is 3.